The highest BCUT2D eigenvalue weighted by Crippen LogP contribution is 2.41. The van der Waals surface area contributed by atoms with Crippen LogP contribution in [0.25, 0.3) is 5.57 Å². The van der Waals surface area contributed by atoms with Gasteiger partial charge < -0.3 is 20.3 Å². The van der Waals surface area contributed by atoms with Gasteiger partial charge in [-0.25, -0.2) is 9.82 Å². The number of benzene rings is 2. The Kier molecular flexibility index (Phi) is 6.16. The molecule has 0 bridgehead atoms. The summed E-state index contributed by atoms with van der Waals surface area (Å²) in [6, 6.07) is 13.0. The smallest absolute Gasteiger partial charge is 0.298 e. The van der Waals surface area contributed by atoms with Gasteiger partial charge >= 0.3 is 0 Å². The van der Waals surface area contributed by atoms with Crippen LogP contribution < -0.4 is 21.3 Å². The molecule has 35 heavy (non-hydrogen) atoms. The van der Waals surface area contributed by atoms with Gasteiger partial charge in [0.05, 0.1) is 6.17 Å². The van der Waals surface area contributed by atoms with Gasteiger partial charge in [0.25, 0.3) is 11.8 Å². The molecule has 9 heteroatoms. The van der Waals surface area contributed by atoms with Crippen molar-refractivity contribution >= 4 is 17.4 Å². The third kappa shape index (κ3) is 4.34. The normalized spacial score (nSPS) is 25.3. The molecule has 180 valence electrons. The van der Waals surface area contributed by atoms with Crippen molar-refractivity contribution in [3.8, 4) is 23.3 Å². The number of ether oxygens (including phenoxy) is 1. The van der Waals surface area contributed by atoms with Crippen molar-refractivity contribution in [2.45, 2.75) is 31.6 Å². The Morgan fingerprint density at radius 1 is 1.20 bits per heavy atom. The van der Waals surface area contributed by atoms with E-state index >= 15 is 0 Å². The first-order chi connectivity index (χ1) is 17.0. The van der Waals surface area contributed by atoms with E-state index in [9.17, 15) is 14.0 Å². The number of carbonyl (C=O) groups excluding carboxylic acids is 2. The van der Waals surface area contributed by atoms with Gasteiger partial charge in [-0.15, -0.1) is 0 Å². The number of nitrogens with zero attached hydrogens (tertiary/aromatic N) is 2. The SMILES string of the molecule is CC#CC(=O)N1CC[C@H](N2C=C(c3ccc(Oc4ccccc4F)cc3)C3C(N)NNC(=O)C32)C1. The van der Waals surface area contributed by atoms with Gasteiger partial charge in [-0.2, -0.15) is 0 Å². The Hall–Kier alpha value is -3.87. The molecule has 3 aliphatic heterocycles. The van der Waals surface area contributed by atoms with Crippen LogP contribution in [0.15, 0.2) is 54.7 Å². The summed E-state index contributed by atoms with van der Waals surface area (Å²) in [5, 5.41) is 0. The summed E-state index contributed by atoms with van der Waals surface area (Å²) in [5.41, 5.74) is 13.7. The molecule has 5 rings (SSSR count). The number of hydrazine groups is 1. The first kappa shape index (κ1) is 22.9. The van der Waals surface area contributed by atoms with Crippen LogP contribution in [0.3, 0.4) is 0 Å². The van der Waals surface area contributed by atoms with E-state index in [1.165, 1.54) is 6.07 Å². The molecule has 0 saturated carbocycles. The highest BCUT2D eigenvalue weighted by molar-refractivity contribution is 5.93. The molecule has 2 fully saturated rings. The Balaban J connectivity index is 1.41. The summed E-state index contributed by atoms with van der Waals surface area (Å²) in [7, 11) is 0. The number of hydrogen-bond acceptors (Lipinski definition) is 6. The molecule has 0 spiro atoms. The maximum atomic E-state index is 13.9. The number of likely N-dealkylation sites (tertiary alicyclic amines) is 1. The Bertz CT molecular complexity index is 1240. The minimum absolute atomic E-state index is 0.0256. The Morgan fingerprint density at radius 2 is 1.97 bits per heavy atom. The molecule has 0 radical (unpaired) electrons. The number of carbonyl (C=O) groups is 2. The second-order valence-electron chi connectivity index (χ2n) is 8.79. The van der Waals surface area contributed by atoms with E-state index in [2.05, 4.69) is 22.7 Å². The molecule has 8 nitrogen and oxygen atoms in total. The van der Waals surface area contributed by atoms with Crippen LogP contribution in [0.1, 0.15) is 18.9 Å². The molecular formula is C26H26FN5O3. The van der Waals surface area contributed by atoms with Gasteiger partial charge in [-0.3, -0.25) is 15.0 Å². The standard InChI is InChI=1S/C26H26FN5O3/c1-2-5-22(33)31-13-12-17(14-31)32-15-19(23-24(32)26(34)30-29-25(23)28)16-8-10-18(11-9-16)35-21-7-4-3-6-20(21)27/h3-4,6-11,15,17,23-25,29H,12-14,28H2,1H3,(H,30,34)/t17-,23?,24?,25?/m0/s1. The number of para-hydroxylation sites is 1. The van der Waals surface area contributed by atoms with E-state index in [1.807, 2.05) is 23.2 Å². The van der Waals surface area contributed by atoms with Crippen molar-refractivity contribution in [2.75, 3.05) is 13.1 Å². The largest absolute Gasteiger partial charge is 0.454 e. The number of hydrogen-bond donors (Lipinski definition) is 3. The average Bonchev–Trinajstić information content (AvgIpc) is 3.50. The molecule has 4 N–H and O–H groups in total. The highest BCUT2D eigenvalue weighted by Gasteiger charge is 2.49. The van der Waals surface area contributed by atoms with Gasteiger partial charge in [-0.1, -0.05) is 30.2 Å². The van der Waals surface area contributed by atoms with Crippen LogP contribution in [-0.2, 0) is 9.59 Å². The summed E-state index contributed by atoms with van der Waals surface area (Å²) in [6.45, 7) is 2.72. The molecule has 4 atom stereocenters. The van der Waals surface area contributed by atoms with Crippen LogP contribution in [-0.4, -0.2) is 53.0 Å². The van der Waals surface area contributed by atoms with E-state index < -0.39 is 18.0 Å². The van der Waals surface area contributed by atoms with Gasteiger partial charge in [0.2, 0.25) is 0 Å². The van der Waals surface area contributed by atoms with E-state index in [4.69, 9.17) is 10.5 Å². The molecule has 2 aromatic carbocycles. The molecule has 3 aliphatic rings. The summed E-state index contributed by atoms with van der Waals surface area (Å²) in [5.74, 6) is 4.79. The lowest BCUT2D eigenvalue weighted by Gasteiger charge is -2.39. The molecular weight excluding hydrogens is 449 g/mol. The van der Waals surface area contributed by atoms with Crippen molar-refractivity contribution in [2.24, 2.45) is 11.7 Å². The molecule has 0 aliphatic carbocycles. The van der Waals surface area contributed by atoms with Gasteiger partial charge in [0.1, 0.15) is 11.8 Å². The zero-order valence-corrected chi connectivity index (χ0v) is 19.2. The number of fused-ring (bicyclic) bond motifs is 1. The fraction of sp³-hybridized carbons (Fsp3) is 0.308. The molecule has 3 unspecified atom stereocenters. The van der Waals surface area contributed by atoms with Crippen LogP contribution in [0.4, 0.5) is 4.39 Å². The fourth-order valence-electron chi connectivity index (χ4n) is 5.01. The molecule has 2 saturated heterocycles. The van der Waals surface area contributed by atoms with Crippen LogP contribution in [0, 0.1) is 23.6 Å². The molecule has 2 amide bonds. The quantitative estimate of drug-likeness (QED) is 0.584. The number of halogens is 1. The number of nitrogens with one attached hydrogen (secondary N) is 2. The third-order valence-corrected chi connectivity index (χ3v) is 6.68. The molecule has 0 aromatic heterocycles. The second-order valence-corrected chi connectivity index (χ2v) is 8.79. The summed E-state index contributed by atoms with van der Waals surface area (Å²) >= 11 is 0. The van der Waals surface area contributed by atoms with Crippen molar-refractivity contribution in [3.63, 3.8) is 0 Å². The number of rotatable bonds is 4. The lowest BCUT2D eigenvalue weighted by atomic mass is 9.86. The van der Waals surface area contributed by atoms with Gasteiger partial charge in [0, 0.05) is 31.2 Å². The molecule has 3 heterocycles. The second kappa shape index (κ2) is 9.41. The monoisotopic (exact) mass is 475 g/mol. The number of amides is 2. The predicted molar refractivity (Wildman–Crippen MR) is 128 cm³/mol. The Labute approximate surface area is 202 Å². The predicted octanol–water partition coefficient (Wildman–Crippen LogP) is 1.80. The zero-order chi connectivity index (χ0) is 24.5. The van der Waals surface area contributed by atoms with Crippen molar-refractivity contribution in [1.82, 2.24) is 20.7 Å². The lowest BCUT2D eigenvalue weighted by molar-refractivity contribution is -0.131. The van der Waals surface area contributed by atoms with Gasteiger partial charge in [-0.05, 0) is 54.7 Å². The average molecular weight is 476 g/mol. The van der Waals surface area contributed by atoms with E-state index in [0.29, 0.717) is 18.8 Å². The van der Waals surface area contributed by atoms with Crippen LogP contribution >= 0.6 is 0 Å². The summed E-state index contributed by atoms with van der Waals surface area (Å²) in [4.78, 5) is 28.9. The third-order valence-electron chi connectivity index (χ3n) is 6.68. The summed E-state index contributed by atoms with van der Waals surface area (Å²) < 4.78 is 19.6. The van der Waals surface area contributed by atoms with E-state index in [1.54, 1.807) is 42.2 Å². The van der Waals surface area contributed by atoms with E-state index in [-0.39, 0.29) is 29.5 Å². The van der Waals surface area contributed by atoms with Crippen molar-refractivity contribution in [3.05, 3.63) is 66.1 Å². The van der Waals surface area contributed by atoms with Crippen molar-refractivity contribution in [1.29, 1.82) is 0 Å². The molecule has 2 aromatic rings. The lowest BCUT2D eigenvalue weighted by Crippen LogP contribution is -2.67. The van der Waals surface area contributed by atoms with Crippen LogP contribution in [0.5, 0.6) is 11.5 Å². The Morgan fingerprint density at radius 3 is 2.71 bits per heavy atom. The van der Waals surface area contributed by atoms with Crippen LogP contribution in [0.2, 0.25) is 0 Å². The fourth-order valence-corrected chi connectivity index (χ4v) is 5.01. The summed E-state index contributed by atoms with van der Waals surface area (Å²) in [6.07, 6.45) is 2.22. The zero-order valence-electron chi connectivity index (χ0n) is 19.2. The minimum Gasteiger partial charge on any atom is -0.454 e. The van der Waals surface area contributed by atoms with Gasteiger partial charge in [0.15, 0.2) is 11.6 Å². The number of nitrogens with two attached hydrogens (primary N) is 1. The highest BCUT2D eigenvalue weighted by atomic mass is 19.1. The topological polar surface area (TPSA) is 99.9 Å². The first-order valence-electron chi connectivity index (χ1n) is 11.5. The van der Waals surface area contributed by atoms with Crippen molar-refractivity contribution < 1.29 is 18.7 Å². The minimum atomic E-state index is -0.493. The van der Waals surface area contributed by atoms with E-state index in [0.717, 1.165) is 17.6 Å². The maximum absolute atomic E-state index is 13.9. The maximum Gasteiger partial charge on any atom is 0.298 e. The first-order valence-corrected chi connectivity index (χ1v) is 11.5.